The van der Waals surface area contributed by atoms with E-state index in [4.69, 9.17) is 0 Å². The van der Waals surface area contributed by atoms with Gasteiger partial charge in [-0.15, -0.1) is 0 Å². The van der Waals surface area contributed by atoms with E-state index in [1.807, 2.05) is 24.3 Å². The van der Waals surface area contributed by atoms with Crippen LogP contribution in [0.1, 0.15) is 39.4 Å². The monoisotopic (exact) mass is 380 g/mol. The molecule has 0 radical (unpaired) electrons. The highest BCUT2D eigenvalue weighted by Crippen LogP contribution is 2.32. The molecule has 0 aliphatic heterocycles. The number of carbonyl (C=O) groups excluding carboxylic acids is 1. The second-order valence-corrected chi connectivity index (χ2v) is 6.63. The standard InChI is InChI=1S/C20H17BrN2O/c1-14-4-2-3-5-18(14)19(15-6-8-17(21)9-7-15)12-20(24)16-10-11-22-23-13-16/h2-11,13,19H,12H2,1H3. The molecule has 120 valence electrons. The molecule has 0 aliphatic carbocycles. The molecule has 3 rings (SSSR count). The summed E-state index contributed by atoms with van der Waals surface area (Å²) in [5, 5.41) is 7.55. The van der Waals surface area contributed by atoms with Crippen LogP contribution in [0, 0.1) is 6.92 Å². The Morgan fingerprint density at radius 1 is 1.04 bits per heavy atom. The van der Waals surface area contributed by atoms with Crippen molar-refractivity contribution in [1.82, 2.24) is 10.2 Å². The van der Waals surface area contributed by atoms with Crippen LogP contribution in [-0.2, 0) is 0 Å². The highest BCUT2D eigenvalue weighted by Gasteiger charge is 2.20. The Labute approximate surface area is 149 Å². The summed E-state index contributed by atoms with van der Waals surface area (Å²) in [5.74, 6) is 0.0843. The van der Waals surface area contributed by atoms with E-state index in [9.17, 15) is 4.79 Å². The van der Waals surface area contributed by atoms with Gasteiger partial charge in [0.1, 0.15) is 0 Å². The average molecular weight is 381 g/mol. The minimum Gasteiger partial charge on any atom is -0.294 e. The zero-order valence-corrected chi connectivity index (χ0v) is 14.9. The lowest BCUT2D eigenvalue weighted by atomic mass is 9.84. The van der Waals surface area contributed by atoms with Crippen LogP contribution in [0.3, 0.4) is 0 Å². The summed E-state index contributed by atoms with van der Waals surface area (Å²) in [5.41, 5.74) is 4.09. The fourth-order valence-electron chi connectivity index (χ4n) is 2.84. The van der Waals surface area contributed by atoms with Crippen LogP contribution >= 0.6 is 15.9 Å². The van der Waals surface area contributed by atoms with Gasteiger partial charge in [0.15, 0.2) is 5.78 Å². The molecule has 2 aromatic carbocycles. The van der Waals surface area contributed by atoms with E-state index in [0.717, 1.165) is 10.0 Å². The molecule has 3 aromatic rings. The summed E-state index contributed by atoms with van der Waals surface area (Å²) >= 11 is 3.47. The normalized spacial score (nSPS) is 11.9. The molecule has 1 unspecified atom stereocenters. The number of hydrogen-bond acceptors (Lipinski definition) is 3. The number of Topliss-reactive ketones (excluding diaryl/α,β-unsaturated/α-hetero) is 1. The maximum absolute atomic E-state index is 12.7. The van der Waals surface area contributed by atoms with Crippen LogP contribution in [0.5, 0.6) is 0 Å². The molecule has 0 fully saturated rings. The van der Waals surface area contributed by atoms with E-state index < -0.39 is 0 Å². The van der Waals surface area contributed by atoms with Gasteiger partial charge in [0, 0.05) is 22.4 Å². The number of rotatable bonds is 5. The van der Waals surface area contributed by atoms with Gasteiger partial charge in [-0.05, 0) is 41.8 Å². The molecule has 0 saturated heterocycles. The van der Waals surface area contributed by atoms with Crippen molar-refractivity contribution in [2.24, 2.45) is 0 Å². The van der Waals surface area contributed by atoms with E-state index >= 15 is 0 Å². The van der Waals surface area contributed by atoms with Crippen LogP contribution < -0.4 is 0 Å². The summed E-state index contributed by atoms with van der Waals surface area (Å²) in [6.45, 7) is 2.08. The molecule has 24 heavy (non-hydrogen) atoms. The van der Waals surface area contributed by atoms with Gasteiger partial charge in [-0.3, -0.25) is 4.79 Å². The maximum atomic E-state index is 12.7. The Bertz CT molecular complexity index is 832. The van der Waals surface area contributed by atoms with Crippen molar-refractivity contribution in [2.75, 3.05) is 0 Å². The maximum Gasteiger partial charge on any atom is 0.165 e. The smallest absolute Gasteiger partial charge is 0.165 e. The van der Waals surface area contributed by atoms with Crippen LogP contribution in [0.25, 0.3) is 0 Å². The molecule has 0 aliphatic rings. The Hall–Kier alpha value is -2.33. The molecule has 0 spiro atoms. The molecule has 1 atom stereocenters. The fraction of sp³-hybridized carbons (Fsp3) is 0.150. The number of ketones is 1. The van der Waals surface area contributed by atoms with Crippen LogP contribution in [0.2, 0.25) is 0 Å². The fourth-order valence-corrected chi connectivity index (χ4v) is 3.10. The van der Waals surface area contributed by atoms with Crippen molar-refractivity contribution >= 4 is 21.7 Å². The molecule has 0 amide bonds. The van der Waals surface area contributed by atoms with Gasteiger partial charge in [0.2, 0.25) is 0 Å². The number of halogens is 1. The van der Waals surface area contributed by atoms with Crippen molar-refractivity contribution < 1.29 is 4.79 Å². The largest absolute Gasteiger partial charge is 0.294 e. The van der Waals surface area contributed by atoms with Crippen LogP contribution in [0.4, 0.5) is 0 Å². The highest BCUT2D eigenvalue weighted by molar-refractivity contribution is 9.10. The van der Waals surface area contributed by atoms with Crippen molar-refractivity contribution in [3.05, 3.63) is 93.7 Å². The van der Waals surface area contributed by atoms with E-state index in [1.54, 1.807) is 12.3 Å². The summed E-state index contributed by atoms with van der Waals surface area (Å²) in [6.07, 6.45) is 3.48. The van der Waals surface area contributed by atoms with Crippen LogP contribution in [0.15, 0.2) is 71.5 Å². The second-order valence-electron chi connectivity index (χ2n) is 5.72. The first kappa shape index (κ1) is 16.5. The second kappa shape index (κ2) is 7.49. The van der Waals surface area contributed by atoms with Gasteiger partial charge >= 0.3 is 0 Å². The van der Waals surface area contributed by atoms with E-state index in [2.05, 4.69) is 57.3 Å². The molecular formula is C20H17BrN2O. The molecule has 0 saturated carbocycles. The lowest BCUT2D eigenvalue weighted by Gasteiger charge is -2.19. The topological polar surface area (TPSA) is 42.9 Å². The van der Waals surface area contributed by atoms with Gasteiger partial charge < -0.3 is 0 Å². The van der Waals surface area contributed by atoms with Gasteiger partial charge in [0.25, 0.3) is 0 Å². The molecule has 1 aromatic heterocycles. The van der Waals surface area contributed by atoms with Crippen molar-refractivity contribution in [3.63, 3.8) is 0 Å². The van der Waals surface area contributed by atoms with Crippen LogP contribution in [-0.4, -0.2) is 16.0 Å². The first-order valence-electron chi connectivity index (χ1n) is 7.76. The molecule has 0 bridgehead atoms. The molecule has 4 heteroatoms. The van der Waals surface area contributed by atoms with E-state index in [1.165, 1.54) is 17.3 Å². The minimum absolute atomic E-state index is 0.0139. The van der Waals surface area contributed by atoms with E-state index in [0.29, 0.717) is 12.0 Å². The quantitative estimate of drug-likeness (QED) is 0.587. The Morgan fingerprint density at radius 3 is 2.46 bits per heavy atom. The van der Waals surface area contributed by atoms with Gasteiger partial charge in [-0.25, -0.2) is 0 Å². The summed E-state index contributed by atoms with van der Waals surface area (Å²) in [7, 11) is 0. The number of carbonyl (C=O) groups is 1. The molecule has 0 N–H and O–H groups in total. The van der Waals surface area contributed by atoms with Crippen molar-refractivity contribution in [2.45, 2.75) is 19.3 Å². The Balaban J connectivity index is 1.98. The summed E-state index contributed by atoms with van der Waals surface area (Å²) in [4.78, 5) is 12.7. The Kier molecular flexibility index (Phi) is 5.16. The van der Waals surface area contributed by atoms with Gasteiger partial charge in [-0.1, -0.05) is 52.3 Å². The third-order valence-electron chi connectivity index (χ3n) is 4.13. The van der Waals surface area contributed by atoms with Gasteiger partial charge in [0.05, 0.1) is 12.4 Å². The highest BCUT2D eigenvalue weighted by atomic mass is 79.9. The first-order valence-corrected chi connectivity index (χ1v) is 8.55. The average Bonchev–Trinajstić information content (AvgIpc) is 2.62. The molecular weight excluding hydrogens is 364 g/mol. The predicted molar refractivity (Wildman–Crippen MR) is 98.1 cm³/mol. The molecule has 3 nitrogen and oxygen atoms in total. The third kappa shape index (κ3) is 3.77. The summed E-state index contributed by atoms with van der Waals surface area (Å²) in [6, 6.07) is 18.1. The lowest BCUT2D eigenvalue weighted by molar-refractivity contribution is 0.0977. The Morgan fingerprint density at radius 2 is 1.79 bits per heavy atom. The number of hydrogen-bond donors (Lipinski definition) is 0. The zero-order valence-electron chi connectivity index (χ0n) is 13.3. The zero-order chi connectivity index (χ0) is 16.9. The lowest BCUT2D eigenvalue weighted by Crippen LogP contribution is -2.11. The minimum atomic E-state index is 0.0139. The van der Waals surface area contributed by atoms with Crippen molar-refractivity contribution in [1.29, 1.82) is 0 Å². The third-order valence-corrected chi connectivity index (χ3v) is 4.66. The predicted octanol–water partition coefficient (Wildman–Crippen LogP) is 4.95. The van der Waals surface area contributed by atoms with Crippen molar-refractivity contribution in [3.8, 4) is 0 Å². The van der Waals surface area contributed by atoms with E-state index in [-0.39, 0.29) is 11.7 Å². The SMILES string of the molecule is Cc1ccccc1C(CC(=O)c1ccnnc1)c1ccc(Br)cc1. The first-order chi connectivity index (χ1) is 11.6. The number of aryl methyl sites for hydroxylation is 1. The number of benzene rings is 2. The number of aromatic nitrogens is 2. The summed E-state index contributed by atoms with van der Waals surface area (Å²) < 4.78 is 1.03. The van der Waals surface area contributed by atoms with Gasteiger partial charge in [-0.2, -0.15) is 10.2 Å². The number of nitrogens with zero attached hydrogens (tertiary/aromatic N) is 2. The molecule has 1 heterocycles.